The van der Waals surface area contributed by atoms with Crippen LogP contribution in [0.1, 0.15) is 0 Å². The molecular formula is C23H20BrN3O3. The van der Waals surface area contributed by atoms with Crippen LogP contribution in [0.3, 0.4) is 0 Å². The summed E-state index contributed by atoms with van der Waals surface area (Å²) in [6.07, 6.45) is 3.61. The summed E-state index contributed by atoms with van der Waals surface area (Å²) < 4.78 is 14.1. The molecule has 0 bridgehead atoms. The van der Waals surface area contributed by atoms with Crippen molar-refractivity contribution >= 4 is 38.3 Å². The lowest BCUT2D eigenvalue weighted by Crippen LogP contribution is -2.20. The lowest BCUT2D eigenvalue weighted by molar-refractivity contribution is -0.118. The van der Waals surface area contributed by atoms with Crippen LogP contribution < -0.4 is 14.8 Å². The van der Waals surface area contributed by atoms with E-state index in [9.17, 15) is 4.79 Å². The summed E-state index contributed by atoms with van der Waals surface area (Å²) in [6, 6.07) is 21.0. The van der Waals surface area contributed by atoms with E-state index in [1.165, 1.54) is 0 Å². The Morgan fingerprint density at radius 3 is 2.80 bits per heavy atom. The lowest BCUT2D eigenvalue weighted by Gasteiger charge is -2.12. The van der Waals surface area contributed by atoms with Crippen LogP contribution in [-0.2, 0) is 11.3 Å². The third kappa shape index (κ3) is 4.99. The lowest BCUT2D eigenvalue weighted by atomic mass is 10.1. The van der Waals surface area contributed by atoms with E-state index in [-0.39, 0.29) is 12.5 Å². The van der Waals surface area contributed by atoms with Crippen molar-refractivity contribution in [3.63, 3.8) is 0 Å². The molecule has 0 spiro atoms. The number of hydrogen-bond donors (Lipinski definition) is 1. The quantitative estimate of drug-likeness (QED) is 0.402. The number of fused-ring (bicyclic) bond motifs is 1. The molecule has 0 radical (unpaired) electrons. The number of carbonyl (C=O) groups is 1. The number of halogens is 1. The van der Waals surface area contributed by atoms with Gasteiger partial charge in [0.25, 0.3) is 5.91 Å². The molecule has 1 amide bonds. The molecule has 4 rings (SSSR count). The maximum Gasteiger partial charge on any atom is 0.262 e. The molecule has 0 aliphatic rings. The first-order valence-electron chi connectivity index (χ1n) is 9.49. The highest BCUT2D eigenvalue weighted by molar-refractivity contribution is 9.10. The van der Waals surface area contributed by atoms with Gasteiger partial charge in [0.1, 0.15) is 18.1 Å². The van der Waals surface area contributed by atoms with Gasteiger partial charge in [-0.2, -0.15) is 5.10 Å². The Balaban J connectivity index is 1.31. The van der Waals surface area contributed by atoms with E-state index in [2.05, 4.69) is 26.3 Å². The number of ether oxygens (including phenoxy) is 2. The molecule has 0 saturated carbocycles. The van der Waals surface area contributed by atoms with Gasteiger partial charge < -0.3 is 14.8 Å². The summed E-state index contributed by atoms with van der Waals surface area (Å²) in [5.74, 6) is 1.06. The van der Waals surface area contributed by atoms with Gasteiger partial charge in [-0.25, -0.2) is 0 Å². The van der Waals surface area contributed by atoms with Crippen molar-refractivity contribution in [2.24, 2.45) is 0 Å². The second-order valence-corrected chi connectivity index (χ2v) is 7.37. The zero-order valence-electron chi connectivity index (χ0n) is 16.1. The Morgan fingerprint density at radius 2 is 1.93 bits per heavy atom. The van der Waals surface area contributed by atoms with Crippen molar-refractivity contribution in [3.05, 3.63) is 83.6 Å². The van der Waals surface area contributed by atoms with Crippen LogP contribution in [0.5, 0.6) is 11.5 Å². The van der Waals surface area contributed by atoms with Crippen LogP contribution in [0.4, 0.5) is 5.69 Å². The fraction of sp³-hybridized carbons (Fsp3) is 0.130. The van der Waals surface area contributed by atoms with Crippen LogP contribution in [0.15, 0.2) is 83.6 Å². The molecule has 1 aromatic heterocycles. The average molecular weight is 466 g/mol. The normalized spacial score (nSPS) is 10.7. The van der Waals surface area contributed by atoms with Crippen LogP contribution >= 0.6 is 15.9 Å². The number of anilines is 1. The topological polar surface area (TPSA) is 65.4 Å². The van der Waals surface area contributed by atoms with Crippen LogP contribution in [-0.4, -0.2) is 28.9 Å². The first kappa shape index (κ1) is 20.0. The van der Waals surface area contributed by atoms with Gasteiger partial charge >= 0.3 is 0 Å². The number of amides is 1. The molecule has 30 heavy (non-hydrogen) atoms. The molecule has 7 heteroatoms. The maximum absolute atomic E-state index is 12.3. The highest BCUT2D eigenvalue weighted by Crippen LogP contribution is 2.33. The van der Waals surface area contributed by atoms with Crippen molar-refractivity contribution in [1.82, 2.24) is 9.78 Å². The Bertz CT molecular complexity index is 1150. The monoisotopic (exact) mass is 465 g/mol. The van der Waals surface area contributed by atoms with E-state index in [1.54, 1.807) is 16.9 Å². The molecule has 152 valence electrons. The van der Waals surface area contributed by atoms with Gasteiger partial charge in [0.05, 0.1) is 11.0 Å². The standard InChI is InChI=1S/C23H20BrN3O3/c24-23-20-8-2-1-5-17(20)9-10-21(23)30-16-22(28)26-18-6-3-7-19(15-18)29-14-13-27-12-4-11-25-27/h1-12,15H,13-14,16H2,(H,26,28). The molecule has 0 fully saturated rings. The molecule has 1 heterocycles. The first-order valence-corrected chi connectivity index (χ1v) is 10.3. The van der Waals surface area contributed by atoms with Gasteiger partial charge in [-0.05, 0) is 51.0 Å². The number of hydrogen-bond acceptors (Lipinski definition) is 4. The number of carbonyl (C=O) groups excluding carboxylic acids is 1. The average Bonchev–Trinajstić information content (AvgIpc) is 3.27. The summed E-state index contributed by atoms with van der Waals surface area (Å²) in [5, 5.41) is 9.11. The molecule has 0 atom stereocenters. The molecule has 6 nitrogen and oxygen atoms in total. The number of rotatable bonds is 8. The molecule has 0 saturated heterocycles. The number of aromatic nitrogens is 2. The van der Waals surface area contributed by atoms with E-state index in [4.69, 9.17) is 9.47 Å². The van der Waals surface area contributed by atoms with Crippen LogP contribution in [0, 0.1) is 0 Å². The van der Waals surface area contributed by atoms with Crippen molar-refractivity contribution < 1.29 is 14.3 Å². The van der Waals surface area contributed by atoms with Crippen molar-refractivity contribution in [3.8, 4) is 11.5 Å². The summed E-state index contributed by atoms with van der Waals surface area (Å²) in [5.41, 5.74) is 0.651. The van der Waals surface area contributed by atoms with Gasteiger partial charge in [0.15, 0.2) is 6.61 Å². The SMILES string of the molecule is O=C(COc1ccc2ccccc2c1Br)Nc1cccc(OCCn2cccn2)c1. The van der Waals surface area contributed by atoms with E-state index >= 15 is 0 Å². The van der Waals surface area contributed by atoms with Crippen molar-refractivity contribution in [2.75, 3.05) is 18.5 Å². The minimum absolute atomic E-state index is 0.0959. The molecule has 4 aromatic rings. The van der Waals surface area contributed by atoms with Gasteiger partial charge in [0, 0.05) is 24.1 Å². The highest BCUT2D eigenvalue weighted by Gasteiger charge is 2.09. The van der Waals surface area contributed by atoms with Crippen molar-refractivity contribution in [2.45, 2.75) is 6.54 Å². The molecule has 0 aliphatic heterocycles. The van der Waals surface area contributed by atoms with Gasteiger partial charge in [0.2, 0.25) is 0 Å². The fourth-order valence-electron chi connectivity index (χ4n) is 3.02. The zero-order valence-corrected chi connectivity index (χ0v) is 17.7. The number of nitrogens with one attached hydrogen (secondary N) is 1. The molecule has 0 aliphatic carbocycles. The second-order valence-electron chi connectivity index (χ2n) is 6.58. The highest BCUT2D eigenvalue weighted by atomic mass is 79.9. The van der Waals surface area contributed by atoms with E-state index in [0.29, 0.717) is 30.3 Å². The summed E-state index contributed by atoms with van der Waals surface area (Å²) in [6.45, 7) is 1.04. The van der Waals surface area contributed by atoms with Crippen LogP contribution in [0.25, 0.3) is 10.8 Å². The predicted octanol–water partition coefficient (Wildman–Crippen LogP) is 4.90. The van der Waals surface area contributed by atoms with Gasteiger partial charge in [-0.3, -0.25) is 9.48 Å². The maximum atomic E-state index is 12.3. The minimum atomic E-state index is -0.247. The number of nitrogens with zero attached hydrogens (tertiary/aromatic N) is 2. The fourth-order valence-corrected chi connectivity index (χ4v) is 3.63. The number of benzene rings is 3. The third-order valence-electron chi connectivity index (χ3n) is 4.45. The Morgan fingerprint density at radius 1 is 1.03 bits per heavy atom. The predicted molar refractivity (Wildman–Crippen MR) is 120 cm³/mol. The molecule has 3 aromatic carbocycles. The van der Waals surface area contributed by atoms with Gasteiger partial charge in [-0.1, -0.05) is 36.4 Å². The Labute approximate surface area is 182 Å². The largest absolute Gasteiger partial charge is 0.492 e. The Hall–Kier alpha value is -3.32. The second kappa shape index (κ2) is 9.45. The zero-order chi connectivity index (χ0) is 20.8. The first-order chi connectivity index (χ1) is 14.7. The van der Waals surface area contributed by atoms with Crippen LogP contribution in [0.2, 0.25) is 0 Å². The minimum Gasteiger partial charge on any atom is -0.492 e. The Kier molecular flexibility index (Phi) is 6.29. The summed E-state index contributed by atoms with van der Waals surface area (Å²) in [7, 11) is 0. The molecule has 0 unspecified atom stereocenters. The van der Waals surface area contributed by atoms with E-state index in [0.717, 1.165) is 15.2 Å². The van der Waals surface area contributed by atoms with E-state index in [1.807, 2.05) is 66.9 Å². The summed E-state index contributed by atoms with van der Waals surface area (Å²) >= 11 is 3.57. The molecular weight excluding hydrogens is 446 g/mol. The molecule has 1 N–H and O–H groups in total. The summed E-state index contributed by atoms with van der Waals surface area (Å²) in [4.78, 5) is 12.3. The van der Waals surface area contributed by atoms with Crippen molar-refractivity contribution in [1.29, 1.82) is 0 Å². The smallest absolute Gasteiger partial charge is 0.262 e. The van der Waals surface area contributed by atoms with E-state index < -0.39 is 0 Å². The van der Waals surface area contributed by atoms with Gasteiger partial charge in [-0.15, -0.1) is 0 Å². The third-order valence-corrected chi connectivity index (χ3v) is 5.27.